The molecule has 3 fully saturated rings. The third kappa shape index (κ3) is 3.09. The molecule has 4 aliphatic carbocycles. The van der Waals surface area contributed by atoms with E-state index in [1.54, 1.807) is 45.9 Å². The molecule has 0 N–H and O–H groups in total. The van der Waals surface area contributed by atoms with Crippen molar-refractivity contribution in [3.05, 3.63) is 34.9 Å². The summed E-state index contributed by atoms with van der Waals surface area (Å²) in [6.45, 7) is 15.3. The molecule has 0 unspecified atom stereocenters. The monoisotopic (exact) mass is 414 g/mol. The van der Waals surface area contributed by atoms with Crippen molar-refractivity contribution in [3.63, 3.8) is 0 Å². The first-order chi connectivity index (χ1) is 13.9. The van der Waals surface area contributed by atoms with Crippen LogP contribution in [0.2, 0.25) is 0 Å². The van der Waals surface area contributed by atoms with Crippen LogP contribution < -0.4 is 0 Å². The van der Waals surface area contributed by atoms with Crippen molar-refractivity contribution < 1.29 is 23.9 Å². The van der Waals surface area contributed by atoms with Crippen LogP contribution in [0.15, 0.2) is 34.9 Å². The summed E-state index contributed by atoms with van der Waals surface area (Å²) in [5.41, 5.74) is 1.18. The van der Waals surface area contributed by atoms with E-state index >= 15 is 0 Å². The van der Waals surface area contributed by atoms with E-state index in [2.05, 4.69) is 20.8 Å². The van der Waals surface area contributed by atoms with Gasteiger partial charge in [-0.2, -0.15) is 0 Å². The quantitative estimate of drug-likeness (QED) is 0.498. The number of esters is 2. The highest BCUT2D eigenvalue weighted by atomic mass is 16.6. The molecule has 0 saturated heterocycles. The standard InChI is InChI=1S/C25H34O5/c1-9-13(3)22(27)29-17-12-18(30-23(28)14(4)10-2)25(8)19-15(5)11-16(26)20(25)21(19)24(17,6)7/h9-11,17-21H,12H2,1-8H3/b13-9-,14-10-/t17-,18-,19+,20-,21+,25-/m1/s1. The Morgan fingerprint density at radius 3 is 1.93 bits per heavy atom. The predicted octanol–water partition coefficient (Wildman–Crippen LogP) is 4.57. The van der Waals surface area contributed by atoms with Gasteiger partial charge in [0.25, 0.3) is 0 Å². The largest absolute Gasteiger partial charge is 0.458 e. The first-order valence-corrected chi connectivity index (χ1v) is 10.8. The summed E-state index contributed by atoms with van der Waals surface area (Å²) >= 11 is 0. The van der Waals surface area contributed by atoms with Crippen LogP contribution in [-0.4, -0.2) is 29.9 Å². The van der Waals surface area contributed by atoms with Crippen LogP contribution in [0.1, 0.15) is 61.8 Å². The normalized spacial score (nSPS) is 37.5. The molecule has 0 aromatic rings. The number of rotatable bonds is 4. The van der Waals surface area contributed by atoms with Crippen molar-refractivity contribution in [1.82, 2.24) is 0 Å². The number of fused-ring (bicyclic) bond motifs is 3. The average molecular weight is 415 g/mol. The van der Waals surface area contributed by atoms with Gasteiger partial charge in [-0.3, -0.25) is 4.79 Å². The Labute approximate surface area is 179 Å². The highest BCUT2D eigenvalue weighted by molar-refractivity contribution is 5.97. The highest BCUT2D eigenvalue weighted by Crippen LogP contribution is 2.72. The van der Waals surface area contributed by atoms with Crippen molar-refractivity contribution >= 4 is 17.7 Å². The van der Waals surface area contributed by atoms with Crippen molar-refractivity contribution in [2.24, 2.45) is 28.6 Å². The van der Waals surface area contributed by atoms with Gasteiger partial charge in [-0.15, -0.1) is 0 Å². The molecule has 5 heteroatoms. The number of ether oxygens (including phenoxy) is 2. The molecule has 4 bridgehead atoms. The molecule has 0 aromatic heterocycles. The lowest BCUT2D eigenvalue weighted by atomic mass is 9.37. The van der Waals surface area contributed by atoms with Gasteiger partial charge in [0.15, 0.2) is 5.78 Å². The predicted molar refractivity (Wildman–Crippen MR) is 114 cm³/mol. The second-order valence-electron chi connectivity index (χ2n) is 9.93. The average Bonchev–Trinajstić information content (AvgIpc) is 2.78. The van der Waals surface area contributed by atoms with Crippen molar-refractivity contribution in [3.8, 4) is 0 Å². The Morgan fingerprint density at radius 2 is 1.47 bits per heavy atom. The molecule has 4 aliphatic rings. The van der Waals surface area contributed by atoms with E-state index in [1.165, 1.54) is 0 Å². The Hall–Kier alpha value is -2.17. The Bertz CT molecular complexity index is 874. The van der Waals surface area contributed by atoms with Gasteiger partial charge in [-0.05, 0) is 52.5 Å². The number of carbonyl (C=O) groups is 3. The lowest BCUT2D eigenvalue weighted by molar-refractivity contribution is -0.202. The summed E-state index contributed by atoms with van der Waals surface area (Å²) in [5.74, 6) is -0.722. The maximum Gasteiger partial charge on any atom is 0.333 e. The minimum absolute atomic E-state index is 0.0511. The molecule has 6 atom stereocenters. The second-order valence-corrected chi connectivity index (χ2v) is 9.93. The summed E-state index contributed by atoms with van der Waals surface area (Å²) in [5, 5.41) is 0. The van der Waals surface area contributed by atoms with Gasteiger partial charge in [0.1, 0.15) is 12.2 Å². The molecule has 0 radical (unpaired) electrons. The van der Waals surface area contributed by atoms with E-state index in [0.29, 0.717) is 17.6 Å². The Kier molecular flexibility index (Phi) is 5.63. The fourth-order valence-electron chi connectivity index (χ4n) is 5.98. The van der Waals surface area contributed by atoms with Crippen LogP contribution >= 0.6 is 0 Å². The Balaban J connectivity index is 2.06. The third-order valence-corrected chi connectivity index (χ3v) is 8.04. The zero-order chi connectivity index (χ0) is 22.6. The molecular formula is C25H34O5. The minimum Gasteiger partial charge on any atom is -0.458 e. The van der Waals surface area contributed by atoms with Gasteiger partial charge >= 0.3 is 11.9 Å². The lowest BCUT2D eigenvalue weighted by Gasteiger charge is -2.65. The minimum atomic E-state index is -0.510. The van der Waals surface area contributed by atoms with Crippen LogP contribution in [-0.2, 0) is 23.9 Å². The molecule has 0 amide bonds. The van der Waals surface area contributed by atoms with E-state index in [-0.39, 0.29) is 35.5 Å². The molecule has 4 rings (SSSR count). The van der Waals surface area contributed by atoms with Crippen LogP contribution in [0.25, 0.3) is 0 Å². The van der Waals surface area contributed by atoms with Crippen LogP contribution in [0.4, 0.5) is 0 Å². The molecule has 3 saturated carbocycles. The van der Waals surface area contributed by atoms with Gasteiger partial charge in [-0.25, -0.2) is 9.59 Å². The second kappa shape index (κ2) is 7.51. The van der Waals surface area contributed by atoms with Gasteiger partial charge in [0, 0.05) is 34.3 Å². The van der Waals surface area contributed by atoms with Crippen LogP contribution in [0, 0.1) is 28.6 Å². The molecule has 5 nitrogen and oxygen atoms in total. The van der Waals surface area contributed by atoms with Crippen molar-refractivity contribution in [2.75, 3.05) is 0 Å². The number of ketones is 1. The van der Waals surface area contributed by atoms with Crippen LogP contribution in [0.5, 0.6) is 0 Å². The molecular weight excluding hydrogens is 380 g/mol. The lowest BCUT2D eigenvalue weighted by Crippen LogP contribution is -2.67. The summed E-state index contributed by atoms with van der Waals surface area (Å²) < 4.78 is 12.0. The SMILES string of the molecule is C/C=C(/C)C(=O)O[C@@H]1C[C@@H](OC(=O)/C(C)=C\C)[C@@]2(C)[C@@H]3C(=O)C=C(C)[C@H]2[C@@H]3C1(C)C. The first-order valence-electron chi connectivity index (χ1n) is 10.8. The van der Waals surface area contributed by atoms with Gasteiger partial charge in [0.2, 0.25) is 0 Å². The van der Waals surface area contributed by atoms with Crippen molar-refractivity contribution in [1.29, 1.82) is 0 Å². The Morgan fingerprint density at radius 1 is 0.967 bits per heavy atom. The van der Waals surface area contributed by atoms with E-state index in [1.807, 2.05) is 6.92 Å². The van der Waals surface area contributed by atoms with Gasteiger partial charge < -0.3 is 9.47 Å². The number of hydrogen-bond donors (Lipinski definition) is 0. The molecule has 0 heterocycles. The van der Waals surface area contributed by atoms with E-state index in [4.69, 9.17) is 9.47 Å². The maximum atomic E-state index is 13.1. The number of hydrogen-bond acceptors (Lipinski definition) is 5. The van der Waals surface area contributed by atoms with E-state index < -0.39 is 23.0 Å². The third-order valence-electron chi connectivity index (χ3n) is 8.04. The van der Waals surface area contributed by atoms with E-state index in [9.17, 15) is 14.4 Å². The molecule has 0 aliphatic heterocycles. The molecule has 164 valence electrons. The number of allylic oxidation sites excluding steroid dienone is 4. The zero-order valence-electron chi connectivity index (χ0n) is 19.4. The van der Waals surface area contributed by atoms with Crippen molar-refractivity contribution in [2.45, 2.75) is 74.0 Å². The van der Waals surface area contributed by atoms with Gasteiger partial charge in [0.05, 0.1) is 0 Å². The summed E-state index contributed by atoms with van der Waals surface area (Å²) in [4.78, 5) is 38.4. The summed E-state index contributed by atoms with van der Waals surface area (Å²) in [7, 11) is 0. The van der Waals surface area contributed by atoms with Gasteiger partial charge in [-0.1, -0.05) is 38.5 Å². The fourth-order valence-corrected chi connectivity index (χ4v) is 5.98. The van der Waals surface area contributed by atoms with Crippen LogP contribution in [0.3, 0.4) is 0 Å². The summed E-state index contributed by atoms with van der Waals surface area (Å²) in [6.07, 6.45) is 4.62. The highest BCUT2D eigenvalue weighted by Gasteiger charge is 2.74. The van der Waals surface area contributed by atoms with E-state index in [0.717, 1.165) is 5.57 Å². The molecule has 30 heavy (non-hydrogen) atoms. The molecule has 0 spiro atoms. The topological polar surface area (TPSA) is 69.7 Å². The first kappa shape index (κ1) is 22.5. The smallest absolute Gasteiger partial charge is 0.333 e. The fraction of sp³-hybridized carbons (Fsp3) is 0.640. The molecule has 0 aromatic carbocycles. The summed E-state index contributed by atoms with van der Waals surface area (Å²) in [6, 6.07) is 0. The number of carbonyl (C=O) groups excluding carboxylic acids is 3. The zero-order valence-corrected chi connectivity index (χ0v) is 19.4. The maximum absolute atomic E-state index is 13.1.